The molecule has 0 saturated carbocycles. The van der Waals surface area contributed by atoms with Crippen molar-refractivity contribution in [1.82, 2.24) is 0 Å². The number of nitrogens with one attached hydrogen (secondary N) is 1. The SMILES string of the molecule is COc1cccc2c1N[C@H](C(=O)[O-])[C@@H]1CC=C[C@@H]21. The first-order chi connectivity index (χ1) is 8.72. The molecule has 1 aliphatic heterocycles. The highest BCUT2D eigenvalue weighted by molar-refractivity contribution is 5.81. The Kier molecular flexibility index (Phi) is 2.51. The number of benzene rings is 1. The molecule has 0 spiro atoms. The molecule has 0 radical (unpaired) electrons. The monoisotopic (exact) mass is 244 g/mol. The highest BCUT2D eigenvalue weighted by Gasteiger charge is 2.38. The maximum absolute atomic E-state index is 11.3. The standard InChI is InChI=1S/C14H15NO3/c1-18-11-7-3-6-9-8-4-2-5-10(8)13(14(16)17)15-12(9)11/h2-4,6-8,10,13,15H,5H2,1H3,(H,16,17)/p-1/t8-,10+,13-/m0/s1. The third kappa shape index (κ3) is 1.49. The molecule has 2 aliphatic rings. The van der Waals surface area contributed by atoms with Gasteiger partial charge in [0, 0.05) is 5.92 Å². The van der Waals surface area contributed by atoms with E-state index in [2.05, 4.69) is 11.4 Å². The highest BCUT2D eigenvalue weighted by Crippen LogP contribution is 2.47. The minimum absolute atomic E-state index is 0.0367. The Balaban J connectivity index is 2.11. The molecule has 1 aromatic carbocycles. The molecule has 3 atom stereocenters. The average Bonchev–Trinajstić information content (AvgIpc) is 2.86. The molecule has 0 saturated heterocycles. The van der Waals surface area contributed by atoms with Gasteiger partial charge in [-0.3, -0.25) is 0 Å². The van der Waals surface area contributed by atoms with Crippen LogP contribution in [-0.2, 0) is 4.79 Å². The molecule has 0 fully saturated rings. The van der Waals surface area contributed by atoms with E-state index in [1.54, 1.807) is 7.11 Å². The first-order valence-electron chi connectivity index (χ1n) is 6.03. The summed E-state index contributed by atoms with van der Waals surface area (Å²) in [7, 11) is 1.59. The Morgan fingerprint density at radius 3 is 3.06 bits per heavy atom. The van der Waals surface area contributed by atoms with Gasteiger partial charge in [-0.1, -0.05) is 24.3 Å². The van der Waals surface area contributed by atoms with Crippen LogP contribution in [0.15, 0.2) is 30.4 Å². The van der Waals surface area contributed by atoms with E-state index < -0.39 is 12.0 Å². The summed E-state index contributed by atoms with van der Waals surface area (Å²) >= 11 is 0. The van der Waals surface area contributed by atoms with Crippen LogP contribution in [0.25, 0.3) is 0 Å². The summed E-state index contributed by atoms with van der Waals surface area (Å²) < 4.78 is 5.29. The third-order valence-electron chi connectivity index (χ3n) is 3.83. The summed E-state index contributed by atoms with van der Waals surface area (Å²) in [6.45, 7) is 0. The number of carboxylic acid groups (broad SMARTS) is 1. The van der Waals surface area contributed by atoms with Crippen molar-refractivity contribution in [2.75, 3.05) is 12.4 Å². The smallest absolute Gasteiger partial charge is 0.142 e. The number of rotatable bonds is 2. The summed E-state index contributed by atoms with van der Waals surface area (Å²) in [5.41, 5.74) is 1.88. The first kappa shape index (κ1) is 11.1. The second-order valence-electron chi connectivity index (χ2n) is 4.72. The van der Waals surface area contributed by atoms with Crippen LogP contribution in [-0.4, -0.2) is 19.1 Å². The lowest BCUT2D eigenvalue weighted by atomic mass is 9.79. The van der Waals surface area contributed by atoms with Crippen molar-refractivity contribution in [3.05, 3.63) is 35.9 Å². The summed E-state index contributed by atoms with van der Waals surface area (Å²) in [5, 5.41) is 14.3. The Labute approximate surface area is 105 Å². The van der Waals surface area contributed by atoms with Crippen LogP contribution in [0.1, 0.15) is 17.9 Å². The molecule has 4 heteroatoms. The minimum atomic E-state index is -1.05. The number of allylic oxidation sites excluding steroid dienone is 2. The number of ether oxygens (including phenoxy) is 1. The summed E-state index contributed by atoms with van der Waals surface area (Å²) in [6.07, 6.45) is 4.90. The predicted molar refractivity (Wildman–Crippen MR) is 65.4 cm³/mol. The van der Waals surface area contributed by atoms with Crippen LogP contribution in [0.2, 0.25) is 0 Å². The number of hydrogen-bond acceptors (Lipinski definition) is 4. The number of fused-ring (bicyclic) bond motifs is 3. The summed E-state index contributed by atoms with van der Waals surface area (Å²) in [4.78, 5) is 11.3. The predicted octanol–water partition coefficient (Wildman–Crippen LogP) is 0.899. The number of anilines is 1. The Morgan fingerprint density at radius 1 is 1.50 bits per heavy atom. The van der Waals surface area contributed by atoms with Gasteiger partial charge < -0.3 is 20.0 Å². The molecule has 0 aromatic heterocycles. The van der Waals surface area contributed by atoms with Crippen molar-refractivity contribution in [3.8, 4) is 5.75 Å². The molecule has 94 valence electrons. The van der Waals surface area contributed by atoms with Crippen LogP contribution in [0, 0.1) is 5.92 Å². The highest BCUT2D eigenvalue weighted by atomic mass is 16.5. The summed E-state index contributed by atoms with van der Waals surface area (Å²) in [6, 6.07) is 5.12. The van der Waals surface area contributed by atoms with Gasteiger partial charge in [0.15, 0.2) is 0 Å². The zero-order chi connectivity index (χ0) is 12.7. The van der Waals surface area contributed by atoms with E-state index in [-0.39, 0.29) is 11.8 Å². The van der Waals surface area contributed by atoms with Crippen molar-refractivity contribution >= 4 is 11.7 Å². The fourth-order valence-electron chi connectivity index (χ4n) is 3.00. The zero-order valence-corrected chi connectivity index (χ0v) is 10.1. The number of carbonyl (C=O) groups excluding carboxylic acids is 1. The van der Waals surface area contributed by atoms with Gasteiger partial charge in [0.1, 0.15) is 5.75 Å². The van der Waals surface area contributed by atoms with Crippen LogP contribution in [0.3, 0.4) is 0 Å². The molecule has 3 rings (SSSR count). The van der Waals surface area contributed by atoms with Crippen molar-refractivity contribution in [2.45, 2.75) is 18.4 Å². The average molecular weight is 244 g/mol. The van der Waals surface area contributed by atoms with Gasteiger partial charge in [-0.15, -0.1) is 0 Å². The first-order valence-corrected chi connectivity index (χ1v) is 6.03. The molecule has 1 N–H and O–H groups in total. The fourth-order valence-corrected chi connectivity index (χ4v) is 3.00. The number of carbonyl (C=O) groups is 1. The Morgan fingerprint density at radius 2 is 2.33 bits per heavy atom. The van der Waals surface area contributed by atoms with Gasteiger partial charge in [0.25, 0.3) is 0 Å². The number of para-hydroxylation sites is 1. The molecule has 0 amide bonds. The van der Waals surface area contributed by atoms with E-state index >= 15 is 0 Å². The largest absolute Gasteiger partial charge is 0.548 e. The second kappa shape index (κ2) is 4.05. The van der Waals surface area contributed by atoms with Gasteiger partial charge in [-0.05, 0) is 24.0 Å². The molecule has 0 unspecified atom stereocenters. The third-order valence-corrected chi connectivity index (χ3v) is 3.83. The van der Waals surface area contributed by atoms with E-state index in [1.165, 1.54) is 0 Å². The molecule has 1 aliphatic carbocycles. The molecule has 4 nitrogen and oxygen atoms in total. The van der Waals surface area contributed by atoms with Crippen LogP contribution < -0.4 is 15.2 Å². The minimum Gasteiger partial charge on any atom is -0.548 e. The number of methoxy groups -OCH3 is 1. The van der Waals surface area contributed by atoms with Crippen molar-refractivity contribution in [1.29, 1.82) is 0 Å². The van der Waals surface area contributed by atoms with E-state index in [0.717, 1.165) is 17.7 Å². The number of hydrogen-bond donors (Lipinski definition) is 1. The van der Waals surface area contributed by atoms with Crippen LogP contribution in [0.5, 0.6) is 5.75 Å². The van der Waals surface area contributed by atoms with Gasteiger partial charge in [-0.2, -0.15) is 0 Å². The van der Waals surface area contributed by atoms with Crippen molar-refractivity contribution in [3.63, 3.8) is 0 Å². The number of carboxylic acids is 1. The van der Waals surface area contributed by atoms with Gasteiger partial charge >= 0.3 is 0 Å². The second-order valence-corrected chi connectivity index (χ2v) is 4.72. The molecule has 18 heavy (non-hydrogen) atoms. The molecular formula is C14H14NO3-. The number of aliphatic carboxylic acids is 1. The Bertz CT molecular complexity index is 524. The van der Waals surface area contributed by atoms with E-state index in [4.69, 9.17) is 4.74 Å². The lowest BCUT2D eigenvalue weighted by Gasteiger charge is -2.38. The zero-order valence-electron chi connectivity index (χ0n) is 10.1. The quantitative estimate of drug-likeness (QED) is 0.785. The topological polar surface area (TPSA) is 61.4 Å². The van der Waals surface area contributed by atoms with Crippen molar-refractivity contribution in [2.24, 2.45) is 5.92 Å². The van der Waals surface area contributed by atoms with Gasteiger partial charge in [-0.25, -0.2) is 0 Å². The molecule has 1 heterocycles. The summed E-state index contributed by atoms with van der Waals surface area (Å²) in [5.74, 6) is -0.198. The molecule has 0 bridgehead atoms. The normalized spacial score (nSPS) is 28.2. The fraction of sp³-hybridized carbons (Fsp3) is 0.357. The van der Waals surface area contributed by atoms with Crippen molar-refractivity contribution < 1.29 is 14.6 Å². The van der Waals surface area contributed by atoms with Crippen LogP contribution >= 0.6 is 0 Å². The maximum Gasteiger partial charge on any atom is 0.142 e. The van der Waals surface area contributed by atoms with Gasteiger partial charge in [0.2, 0.25) is 0 Å². The van der Waals surface area contributed by atoms with E-state index in [0.29, 0.717) is 5.75 Å². The molecular weight excluding hydrogens is 230 g/mol. The lowest BCUT2D eigenvalue weighted by Crippen LogP contribution is -2.48. The lowest BCUT2D eigenvalue weighted by molar-refractivity contribution is -0.308. The maximum atomic E-state index is 11.3. The van der Waals surface area contributed by atoms with Crippen LogP contribution in [0.4, 0.5) is 5.69 Å². The Hall–Kier alpha value is -1.97. The van der Waals surface area contributed by atoms with Gasteiger partial charge in [0.05, 0.1) is 24.8 Å². The van der Waals surface area contributed by atoms with E-state index in [9.17, 15) is 9.90 Å². The molecule has 1 aromatic rings. The van der Waals surface area contributed by atoms with E-state index in [1.807, 2.05) is 24.3 Å².